The number of methoxy groups -OCH3 is 2. The molecule has 0 radical (unpaired) electrons. The normalized spacial score (nSPS) is 10.4. The smallest absolute Gasteiger partial charge is 0.134 e. The van der Waals surface area contributed by atoms with Crippen LogP contribution >= 0.6 is 0 Å². The summed E-state index contributed by atoms with van der Waals surface area (Å²) in [5.41, 5.74) is 0. The highest BCUT2D eigenvalue weighted by Crippen LogP contribution is 2.13. The van der Waals surface area contributed by atoms with Crippen LogP contribution in [-0.2, 0) is 9.47 Å². The van der Waals surface area contributed by atoms with E-state index in [1.54, 1.807) is 20.5 Å². The Morgan fingerprint density at radius 1 is 1.17 bits per heavy atom. The van der Waals surface area contributed by atoms with Crippen LogP contribution in [0.4, 0.5) is 11.6 Å². The Bertz CT molecular complexity index is 336. The van der Waals surface area contributed by atoms with Crippen LogP contribution in [0.1, 0.15) is 6.42 Å². The van der Waals surface area contributed by atoms with Crippen molar-refractivity contribution >= 4 is 11.6 Å². The molecule has 1 aromatic rings. The Hall–Kier alpha value is -1.40. The summed E-state index contributed by atoms with van der Waals surface area (Å²) in [5.74, 6) is 1.72. The second-order valence-electron chi connectivity index (χ2n) is 3.84. The lowest BCUT2D eigenvalue weighted by atomic mass is 10.3. The Morgan fingerprint density at radius 3 is 2.61 bits per heavy atom. The third kappa shape index (κ3) is 4.85. The van der Waals surface area contributed by atoms with Crippen LogP contribution in [0.5, 0.6) is 0 Å². The number of ether oxygens (including phenoxy) is 2. The summed E-state index contributed by atoms with van der Waals surface area (Å²) >= 11 is 0. The van der Waals surface area contributed by atoms with E-state index in [0.29, 0.717) is 6.61 Å². The first kappa shape index (κ1) is 14.7. The van der Waals surface area contributed by atoms with Gasteiger partial charge < -0.3 is 19.7 Å². The van der Waals surface area contributed by atoms with Gasteiger partial charge in [-0.2, -0.15) is 0 Å². The molecule has 6 heteroatoms. The topological polar surface area (TPSA) is 59.5 Å². The zero-order chi connectivity index (χ0) is 13.2. The minimum atomic E-state index is 0.672. The molecule has 1 N–H and O–H groups in total. The minimum absolute atomic E-state index is 0.672. The van der Waals surface area contributed by atoms with Crippen molar-refractivity contribution in [1.29, 1.82) is 0 Å². The average Bonchev–Trinajstić information content (AvgIpc) is 2.42. The molecular weight excluding hydrogens is 232 g/mol. The molecule has 1 rings (SSSR count). The second kappa shape index (κ2) is 8.66. The molecule has 1 aromatic heterocycles. The van der Waals surface area contributed by atoms with E-state index in [-0.39, 0.29) is 0 Å². The third-order valence-electron chi connectivity index (χ3n) is 2.57. The fraction of sp³-hybridized carbons (Fsp3) is 0.667. The van der Waals surface area contributed by atoms with Gasteiger partial charge in [0.05, 0.1) is 6.61 Å². The van der Waals surface area contributed by atoms with Gasteiger partial charge in [-0.05, 0) is 6.42 Å². The van der Waals surface area contributed by atoms with Crippen LogP contribution in [0.25, 0.3) is 0 Å². The Balaban J connectivity index is 2.66. The first-order valence-electron chi connectivity index (χ1n) is 6.04. The monoisotopic (exact) mass is 254 g/mol. The molecule has 0 unspecified atom stereocenters. The molecule has 0 aliphatic rings. The number of hydrogen-bond acceptors (Lipinski definition) is 6. The summed E-state index contributed by atoms with van der Waals surface area (Å²) in [6.45, 7) is 3.11. The van der Waals surface area contributed by atoms with Gasteiger partial charge in [-0.3, -0.25) is 0 Å². The van der Waals surface area contributed by atoms with Crippen LogP contribution in [-0.4, -0.2) is 57.5 Å². The van der Waals surface area contributed by atoms with Gasteiger partial charge in [-0.1, -0.05) is 0 Å². The van der Waals surface area contributed by atoms with Crippen LogP contribution in [0, 0.1) is 0 Å². The van der Waals surface area contributed by atoms with E-state index in [1.165, 1.54) is 0 Å². The van der Waals surface area contributed by atoms with Gasteiger partial charge in [-0.25, -0.2) is 9.97 Å². The molecule has 0 amide bonds. The zero-order valence-corrected chi connectivity index (χ0v) is 11.3. The molecule has 0 saturated carbocycles. The van der Waals surface area contributed by atoms with E-state index < -0.39 is 0 Å². The summed E-state index contributed by atoms with van der Waals surface area (Å²) in [7, 11) is 5.26. The molecule has 102 valence electrons. The summed E-state index contributed by atoms with van der Waals surface area (Å²) in [6, 6.07) is 1.93. The first-order valence-corrected chi connectivity index (χ1v) is 6.04. The highest BCUT2D eigenvalue weighted by atomic mass is 16.5. The molecule has 0 aliphatic carbocycles. The third-order valence-corrected chi connectivity index (χ3v) is 2.57. The number of rotatable bonds is 9. The van der Waals surface area contributed by atoms with Crippen molar-refractivity contribution in [3.8, 4) is 0 Å². The first-order chi connectivity index (χ1) is 8.81. The van der Waals surface area contributed by atoms with Crippen molar-refractivity contribution in [3.05, 3.63) is 12.4 Å². The maximum Gasteiger partial charge on any atom is 0.134 e. The number of nitrogens with zero attached hydrogens (tertiary/aromatic N) is 3. The van der Waals surface area contributed by atoms with Gasteiger partial charge in [0.15, 0.2) is 0 Å². The minimum Gasteiger partial charge on any atom is -0.385 e. The van der Waals surface area contributed by atoms with Crippen molar-refractivity contribution in [3.63, 3.8) is 0 Å². The second-order valence-corrected chi connectivity index (χ2v) is 3.84. The predicted octanol–water partition coefficient (Wildman–Crippen LogP) is 1.01. The van der Waals surface area contributed by atoms with Gasteiger partial charge in [0, 0.05) is 47.0 Å². The van der Waals surface area contributed by atoms with Crippen molar-refractivity contribution in [1.82, 2.24) is 9.97 Å². The fourth-order valence-corrected chi connectivity index (χ4v) is 1.60. The van der Waals surface area contributed by atoms with Crippen molar-refractivity contribution in [2.45, 2.75) is 6.42 Å². The molecule has 0 aliphatic heterocycles. The zero-order valence-electron chi connectivity index (χ0n) is 11.3. The van der Waals surface area contributed by atoms with Crippen LogP contribution in [0.15, 0.2) is 12.4 Å². The van der Waals surface area contributed by atoms with Gasteiger partial charge in [0.1, 0.15) is 18.0 Å². The average molecular weight is 254 g/mol. The summed E-state index contributed by atoms with van der Waals surface area (Å²) in [5, 5.41) is 3.01. The number of hydrogen-bond donors (Lipinski definition) is 1. The molecule has 0 fully saturated rings. The molecule has 1 heterocycles. The Morgan fingerprint density at radius 2 is 1.94 bits per heavy atom. The standard InChI is InChI=1S/C12H22N4O2/c1-13-11-9-12(15-10-14-11)16(6-8-18-3)5-4-7-17-2/h9-10H,4-8H2,1-3H3,(H,13,14,15). The van der Waals surface area contributed by atoms with Crippen molar-refractivity contribution < 1.29 is 9.47 Å². The van der Waals surface area contributed by atoms with Gasteiger partial charge in [0.2, 0.25) is 0 Å². The van der Waals surface area contributed by atoms with Crippen LogP contribution in [0.2, 0.25) is 0 Å². The highest BCUT2D eigenvalue weighted by Gasteiger charge is 2.08. The maximum absolute atomic E-state index is 5.12. The molecule has 6 nitrogen and oxygen atoms in total. The van der Waals surface area contributed by atoms with Crippen molar-refractivity contribution in [2.75, 3.05) is 57.8 Å². The van der Waals surface area contributed by atoms with E-state index in [9.17, 15) is 0 Å². The van der Waals surface area contributed by atoms with E-state index in [0.717, 1.165) is 37.8 Å². The largest absolute Gasteiger partial charge is 0.385 e. The van der Waals surface area contributed by atoms with Crippen molar-refractivity contribution in [2.24, 2.45) is 0 Å². The van der Waals surface area contributed by atoms with E-state index >= 15 is 0 Å². The fourth-order valence-electron chi connectivity index (χ4n) is 1.60. The number of aromatic nitrogens is 2. The molecular formula is C12H22N4O2. The molecule has 0 bridgehead atoms. The molecule has 0 atom stereocenters. The Labute approximate surface area is 108 Å². The van der Waals surface area contributed by atoms with Crippen LogP contribution < -0.4 is 10.2 Å². The van der Waals surface area contributed by atoms with Gasteiger partial charge in [0.25, 0.3) is 0 Å². The van der Waals surface area contributed by atoms with Gasteiger partial charge in [-0.15, -0.1) is 0 Å². The van der Waals surface area contributed by atoms with E-state index in [2.05, 4.69) is 20.2 Å². The number of anilines is 2. The highest BCUT2D eigenvalue weighted by molar-refractivity contribution is 5.47. The number of nitrogens with one attached hydrogen (secondary N) is 1. The van der Waals surface area contributed by atoms with Crippen LogP contribution in [0.3, 0.4) is 0 Å². The van der Waals surface area contributed by atoms with E-state index in [4.69, 9.17) is 9.47 Å². The summed E-state index contributed by atoms with van der Waals surface area (Å²) in [6.07, 6.45) is 2.52. The Kier molecular flexibility index (Phi) is 7.05. The van der Waals surface area contributed by atoms with E-state index in [1.807, 2.05) is 13.1 Å². The summed E-state index contributed by atoms with van der Waals surface area (Å²) < 4.78 is 10.2. The lowest BCUT2D eigenvalue weighted by Gasteiger charge is -2.23. The lowest BCUT2D eigenvalue weighted by Crippen LogP contribution is -2.29. The maximum atomic E-state index is 5.12. The molecule has 0 spiro atoms. The van der Waals surface area contributed by atoms with Gasteiger partial charge >= 0.3 is 0 Å². The molecule has 18 heavy (non-hydrogen) atoms. The molecule has 0 aromatic carbocycles. The quantitative estimate of drug-likeness (QED) is 0.664. The lowest BCUT2D eigenvalue weighted by molar-refractivity contribution is 0.191. The predicted molar refractivity (Wildman–Crippen MR) is 72.2 cm³/mol. The summed E-state index contributed by atoms with van der Waals surface area (Å²) in [4.78, 5) is 10.6. The SMILES string of the molecule is CNc1cc(N(CCCOC)CCOC)ncn1. The molecule has 0 saturated heterocycles.